The second kappa shape index (κ2) is 56.3. The van der Waals surface area contributed by atoms with E-state index < -0.39 is 6.10 Å². The second-order valence-electron chi connectivity index (χ2n) is 21.6. The molecule has 0 bridgehead atoms. The van der Waals surface area contributed by atoms with Gasteiger partial charge < -0.3 is 14.2 Å². The summed E-state index contributed by atoms with van der Waals surface area (Å²) in [6.45, 7) is 9.11. The molecule has 0 aromatic carbocycles. The van der Waals surface area contributed by atoms with Crippen molar-refractivity contribution in [3.8, 4) is 0 Å². The van der Waals surface area contributed by atoms with Crippen LogP contribution in [-0.4, -0.2) is 37.2 Å². The minimum Gasteiger partial charge on any atom is -0.462 e. The van der Waals surface area contributed by atoms with Gasteiger partial charge in [0.1, 0.15) is 13.2 Å². The lowest BCUT2D eigenvalue weighted by molar-refractivity contribution is -0.167. The molecule has 0 amide bonds. The van der Waals surface area contributed by atoms with Gasteiger partial charge in [-0.15, -0.1) is 0 Å². The topological polar surface area (TPSA) is 78.9 Å². The van der Waals surface area contributed by atoms with Gasteiger partial charge >= 0.3 is 17.9 Å². The van der Waals surface area contributed by atoms with Crippen LogP contribution >= 0.6 is 0 Å². The van der Waals surface area contributed by atoms with E-state index in [4.69, 9.17) is 14.2 Å². The average molecular weight is 962 g/mol. The van der Waals surface area contributed by atoms with Crippen LogP contribution in [-0.2, 0) is 28.6 Å². The second-order valence-corrected chi connectivity index (χ2v) is 21.6. The third kappa shape index (κ3) is 53.8. The monoisotopic (exact) mass is 961 g/mol. The van der Waals surface area contributed by atoms with Crippen LogP contribution in [0.1, 0.15) is 355 Å². The van der Waals surface area contributed by atoms with E-state index in [1.165, 1.54) is 250 Å². The summed E-state index contributed by atoms with van der Waals surface area (Å²) in [7, 11) is 0. The highest BCUT2D eigenvalue weighted by Crippen LogP contribution is 2.19. The third-order valence-electron chi connectivity index (χ3n) is 14.7. The van der Waals surface area contributed by atoms with Gasteiger partial charge in [0.2, 0.25) is 0 Å². The van der Waals surface area contributed by atoms with Crippen LogP contribution in [0.4, 0.5) is 0 Å². The van der Waals surface area contributed by atoms with Gasteiger partial charge in [-0.1, -0.05) is 317 Å². The first-order valence-electron chi connectivity index (χ1n) is 30.9. The SMILES string of the molecule is CCCCCCCCCCCCCCCCCCCC(=O)O[C@@H](COC(=O)CCCCCCCCCCCCC)COC(=O)CCCCCCCCCCCCCCCCCCCCC(C)CC. The van der Waals surface area contributed by atoms with Gasteiger partial charge in [-0.3, -0.25) is 14.4 Å². The van der Waals surface area contributed by atoms with Gasteiger partial charge in [0.05, 0.1) is 0 Å². The summed E-state index contributed by atoms with van der Waals surface area (Å²) in [4.78, 5) is 38.2. The third-order valence-corrected chi connectivity index (χ3v) is 14.7. The Morgan fingerprint density at radius 2 is 0.515 bits per heavy atom. The molecule has 404 valence electrons. The van der Waals surface area contributed by atoms with Crippen molar-refractivity contribution >= 4 is 17.9 Å². The van der Waals surface area contributed by atoms with Crippen LogP contribution in [0.25, 0.3) is 0 Å². The molecule has 6 nitrogen and oxygen atoms in total. The van der Waals surface area contributed by atoms with Crippen LogP contribution in [0.2, 0.25) is 0 Å². The standard InChI is InChI=1S/C62H120O6/c1-5-8-10-12-14-16-18-19-20-23-28-31-35-39-43-47-51-55-62(65)68-59(56-66-60(63)53-49-45-41-37-32-17-15-13-11-9-6-2)57-67-61(64)54-50-46-42-38-34-30-27-25-22-21-24-26-29-33-36-40-44-48-52-58(4)7-3/h58-59H,5-57H2,1-4H3/t58?,59-/m0/s1. The van der Waals surface area contributed by atoms with Gasteiger partial charge in [0.25, 0.3) is 0 Å². The quantitative estimate of drug-likeness (QED) is 0.0343. The lowest BCUT2D eigenvalue weighted by Crippen LogP contribution is -2.30. The predicted octanol–water partition coefficient (Wildman–Crippen LogP) is 20.6. The molecule has 0 spiro atoms. The fourth-order valence-electron chi connectivity index (χ4n) is 9.60. The molecule has 1 unspecified atom stereocenters. The summed E-state index contributed by atoms with van der Waals surface area (Å²) in [6, 6.07) is 0. The molecule has 6 heteroatoms. The summed E-state index contributed by atoms with van der Waals surface area (Å²) < 4.78 is 16.9. The van der Waals surface area contributed by atoms with Crippen molar-refractivity contribution in [2.75, 3.05) is 13.2 Å². The molecule has 0 aliphatic heterocycles. The molecule has 0 saturated carbocycles. The molecule has 0 N–H and O–H groups in total. The first-order chi connectivity index (χ1) is 33.4. The molecule has 0 fully saturated rings. The molecule has 0 saturated heterocycles. The highest BCUT2D eigenvalue weighted by Gasteiger charge is 2.19. The number of rotatable bonds is 57. The zero-order valence-electron chi connectivity index (χ0n) is 46.6. The molecule has 0 aliphatic rings. The number of unbranched alkanes of at least 4 members (excludes halogenated alkanes) is 43. The zero-order chi connectivity index (χ0) is 49.5. The van der Waals surface area contributed by atoms with Crippen molar-refractivity contribution in [2.24, 2.45) is 5.92 Å². The fourth-order valence-corrected chi connectivity index (χ4v) is 9.60. The Labute approximate surface area is 425 Å². The van der Waals surface area contributed by atoms with Gasteiger partial charge in [-0.05, 0) is 25.2 Å². The average Bonchev–Trinajstić information content (AvgIpc) is 3.34. The van der Waals surface area contributed by atoms with E-state index >= 15 is 0 Å². The van der Waals surface area contributed by atoms with E-state index in [0.717, 1.165) is 63.7 Å². The van der Waals surface area contributed by atoms with Crippen molar-refractivity contribution < 1.29 is 28.6 Å². The Morgan fingerprint density at radius 1 is 0.294 bits per heavy atom. The van der Waals surface area contributed by atoms with E-state index in [2.05, 4.69) is 27.7 Å². The number of esters is 3. The van der Waals surface area contributed by atoms with Gasteiger partial charge in [0.15, 0.2) is 6.10 Å². The van der Waals surface area contributed by atoms with Crippen molar-refractivity contribution in [2.45, 2.75) is 361 Å². The number of hydrogen-bond donors (Lipinski definition) is 0. The molecule has 0 aromatic rings. The summed E-state index contributed by atoms with van der Waals surface area (Å²) >= 11 is 0. The van der Waals surface area contributed by atoms with E-state index in [1.54, 1.807) is 0 Å². The maximum absolute atomic E-state index is 12.9. The van der Waals surface area contributed by atoms with E-state index in [9.17, 15) is 14.4 Å². The first-order valence-corrected chi connectivity index (χ1v) is 30.9. The maximum Gasteiger partial charge on any atom is 0.306 e. The Hall–Kier alpha value is -1.59. The van der Waals surface area contributed by atoms with Crippen LogP contribution in [0.3, 0.4) is 0 Å². The minimum absolute atomic E-state index is 0.0614. The summed E-state index contributed by atoms with van der Waals surface area (Å²) in [5, 5.41) is 0. The van der Waals surface area contributed by atoms with Gasteiger partial charge in [0, 0.05) is 19.3 Å². The maximum atomic E-state index is 12.9. The highest BCUT2D eigenvalue weighted by molar-refractivity contribution is 5.71. The Balaban J connectivity index is 4.21. The number of ether oxygens (including phenoxy) is 3. The molecular formula is C62H120O6. The normalized spacial score (nSPS) is 12.4. The Morgan fingerprint density at radius 3 is 0.765 bits per heavy atom. The van der Waals surface area contributed by atoms with Crippen molar-refractivity contribution in [1.82, 2.24) is 0 Å². The highest BCUT2D eigenvalue weighted by atomic mass is 16.6. The van der Waals surface area contributed by atoms with E-state index in [1.807, 2.05) is 0 Å². The molecule has 68 heavy (non-hydrogen) atoms. The summed E-state index contributed by atoms with van der Waals surface area (Å²) in [5.41, 5.74) is 0. The molecule has 0 aliphatic carbocycles. The predicted molar refractivity (Wildman–Crippen MR) is 293 cm³/mol. The number of carbonyl (C=O) groups excluding carboxylic acids is 3. The molecule has 0 rings (SSSR count). The van der Waals surface area contributed by atoms with Crippen molar-refractivity contribution in [3.63, 3.8) is 0 Å². The van der Waals surface area contributed by atoms with Crippen LogP contribution in [0.15, 0.2) is 0 Å². The smallest absolute Gasteiger partial charge is 0.306 e. The zero-order valence-corrected chi connectivity index (χ0v) is 46.6. The molecule has 0 aromatic heterocycles. The number of carbonyl (C=O) groups is 3. The fraction of sp³-hybridized carbons (Fsp3) is 0.952. The van der Waals surface area contributed by atoms with E-state index in [0.29, 0.717) is 19.3 Å². The molecule has 0 radical (unpaired) electrons. The Bertz CT molecular complexity index is 1030. The Kier molecular flexibility index (Phi) is 55.0. The lowest BCUT2D eigenvalue weighted by Gasteiger charge is -2.18. The van der Waals surface area contributed by atoms with Gasteiger partial charge in [-0.25, -0.2) is 0 Å². The van der Waals surface area contributed by atoms with Crippen LogP contribution in [0, 0.1) is 5.92 Å². The van der Waals surface area contributed by atoms with Crippen LogP contribution in [0.5, 0.6) is 0 Å². The van der Waals surface area contributed by atoms with Crippen molar-refractivity contribution in [3.05, 3.63) is 0 Å². The number of hydrogen-bond acceptors (Lipinski definition) is 6. The molecule has 2 atom stereocenters. The first kappa shape index (κ1) is 66.4. The molecular weight excluding hydrogens is 841 g/mol. The van der Waals surface area contributed by atoms with Gasteiger partial charge in [-0.2, -0.15) is 0 Å². The van der Waals surface area contributed by atoms with Crippen LogP contribution < -0.4 is 0 Å². The summed E-state index contributed by atoms with van der Waals surface area (Å²) in [5.74, 6) is 0.0782. The molecule has 0 heterocycles. The van der Waals surface area contributed by atoms with Crippen molar-refractivity contribution in [1.29, 1.82) is 0 Å². The lowest BCUT2D eigenvalue weighted by atomic mass is 9.99. The van der Waals surface area contributed by atoms with E-state index in [-0.39, 0.29) is 31.1 Å². The largest absolute Gasteiger partial charge is 0.462 e. The summed E-state index contributed by atoms with van der Waals surface area (Å²) in [6.07, 6.45) is 62.4. The minimum atomic E-state index is -0.762.